The Morgan fingerprint density at radius 2 is 1.74 bits per heavy atom. The quantitative estimate of drug-likeness (QED) is 0.719. The maximum Gasteiger partial charge on any atom is 0.338 e. The molecule has 0 spiro atoms. The van der Waals surface area contributed by atoms with Crippen molar-refractivity contribution in [2.24, 2.45) is 5.92 Å². The molecule has 144 valence electrons. The van der Waals surface area contributed by atoms with E-state index < -0.39 is 30.5 Å². The monoisotopic (exact) mass is 372 g/mol. The third-order valence-corrected chi connectivity index (χ3v) is 4.32. The van der Waals surface area contributed by atoms with E-state index >= 15 is 0 Å². The summed E-state index contributed by atoms with van der Waals surface area (Å²) < 4.78 is 11.7. The van der Waals surface area contributed by atoms with Crippen LogP contribution in [0.4, 0.5) is 0 Å². The summed E-state index contributed by atoms with van der Waals surface area (Å²) in [6.07, 6.45) is 4.48. The minimum atomic E-state index is -0.771. The zero-order valence-electron chi connectivity index (χ0n) is 15.7. The van der Waals surface area contributed by atoms with Crippen LogP contribution in [-0.4, -0.2) is 42.2 Å². The van der Waals surface area contributed by atoms with Gasteiger partial charge in [-0.25, -0.2) is 9.59 Å². The van der Waals surface area contributed by atoms with Gasteiger partial charge in [0.1, 0.15) is 6.04 Å². The number of rotatable bonds is 8. The summed E-state index contributed by atoms with van der Waals surface area (Å²) in [4.78, 5) is 35.9. The minimum Gasteiger partial charge on any atom is -0.467 e. The molecule has 0 fully saturated rings. The molecule has 0 bridgehead atoms. The average molecular weight is 372 g/mol. The average Bonchev–Trinajstić information content (AvgIpc) is 3.24. The van der Waals surface area contributed by atoms with E-state index in [1.165, 1.54) is 7.11 Å². The normalized spacial score (nSPS) is 12.7. The lowest BCUT2D eigenvalue weighted by atomic mass is 9.99. The van der Waals surface area contributed by atoms with Crippen molar-refractivity contribution in [2.75, 3.05) is 13.7 Å². The van der Waals surface area contributed by atoms with Crippen LogP contribution in [0.2, 0.25) is 0 Å². The lowest BCUT2D eigenvalue weighted by Gasteiger charge is -2.21. The van der Waals surface area contributed by atoms with Crippen LogP contribution in [0, 0.1) is 5.92 Å². The van der Waals surface area contributed by atoms with E-state index in [2.05, 4.69) is 5.32 Å². The lowest BCUT2D eigenvalue weighted by Crippen LogP contribution is -2.47. The molecular weight excluding hydrogens is 348 g/mol. The second kappa shape index (κ2) is 9.56. The van der Waals surface area contributed by atoms with Crippen LogP contribution in [-0.2, 0) is 19.1 Å². The van der Waals surface area contributed by atoms with Gasteiger partial charge in [0.2, 0.25) is 0 Å². The fourth-order valence-corrected chi connectivity index (χ4v) is 2.50. The van der Waals surface area contributed by atoms with Crippen molar-refractivity contribution >= 4 is 17.8 Å². The zero-order chi connectivity index (χ0) is 19.8. The van der Waals surface area contributed by atoms with Gasteiger partial charge in [-0.1, -0.05) is 20.3 Å². The van der Waals surface area contributed by atoms with Gasteiger partial charge in [-0.05, 0) is 42.3 Å². The second-order valence-corrected chi connectivity index (χ2v) is 6.17. The van der Waals surface area contributed by atoms with Crippen LogP contribution in [0.5, 0.6) is 0 Å². The Hall–Kier alpha value is -3.09. The Kier molecular flexibility index (Phi) is 7.16. The van der Waals surface area contributed by atoms with Crippen molar-refractivity contribution in [1.82, 2.24) is 9.88 Å². The van der Waals surface area contributed by atoms with Crippen LogP contribution in [0.3, 0.4) is 0 Å². The highest BCUT2D eigenvalue weighted by atomic mass is 16.5. The van der Waals surface area contributed by atoms with Crippen LogP contribution in [0.1, 0.15) is 30.6 Å². The number of nitrogens with one attached hydrogen (secondary N) is 1. The number of hydrogen-bond acceptors (Lipinski definition) is 5. The first-order valence-electron chi connectivity index (χ1n) is 8.74. The highest BCUT2D eigenvalue weighted by Crippen LogP contribution is 2.11. The third-order valence-electron chi connectivity index (χ3n) is 4.32. The highest BCUT2D eigenvalue weighted by molar-refractivity contribution is 5.92. The van der Waals surface area contributed by atoms with E-state index in [1.807, 2.05) is 42.9 Å². The molecule has 1 aromatic heterocycles. The molecule has 7 heteroatoms. The molecule has 0 radical (unpaired) electrons. The van der Waals surface area contributed by atoms with Crippen molar-refractivity contribution in [3.63, 3.8) is 0 Å². The molecule has 1 aromatic carbocycles. The van der Waals surface area contributed by atoms with Gasteiger partial charge in [-0.15, -0.1) is 0 Å². The number of carbonyl (C=O) groups is 3. The van der Waals surface area contributed by atoms with Crippen molar-refractivity contribution in [1.29, 1.82) is 0 Å². The zero-order valence-corrected chi connectivity index (χ0v) is 15.7. The van der Waals surface area contributed by atoms with E-state index in [9.17, 15) is 14.4 Å². The number of carbonyl (C=O) groups excluding carboxylic acids is 3. The molecule has 1 N–H and O–H groups in total. The first-order chi connectivity index (χ1) is 13.0. The first kappa shape index (κ1) is 20.2. The number of aromatic nitrogens is 1. The molecule has 2 atom stereocenters. The van der Waals surface area contributed by atoms with E-state index in [-0.39, 0.29) is 5.92 Å². The maximum atomic E-state index is 12.1. The molecule has 1 amide bonds. The fourth-order valence-electron chi connectivity index (χ4n) is 2.50. The molecule has 27 heavy (non-hydrogen) atoms. The molecule has 0 saturated heterocycles. The van der Waals surface area contributed by atoms with Gasteiger partial charge >= 0.3 is 11.9 Å². The number of methoxy groups -OCH3 is 1. The number of nitrogens with zero attached hydrogens (tertiary/aromatic N) is 1. The van der Waals surface area contributed by atoms with E-state index in [1.54, 1.807) is 24.3 Å². The third kappa shape index (κ3) is 5.44. The highest BCUT2D eigenvalue weighted by Gasteiger charge is 2.27. The van der Waals surface area contributed by atoms with Gasteiger partial charge in [-0.2, -0.15) is 0 Å². The summed E-state index contributed by atoms with van der Waals surface area (Å²) in [7, 11) is 1.27. The molecule has 0 saturated carbocycles. The van der Waals surface area contributed by atoms with Crippen molar-refractivity contribution in [3.8, 4) is 5.69 Å². The molecule has 2 rings (SSSR count). The summed E-state index contributed by atoms with van der Waals surface area (Å²) >= 11 is 0. The molecule has 1 heterocycles. The van der Waals surface area contributed by atoms with Crippen LogP contribution in [0.25, 0.3) is 5.69 Å². The smallest absolute Gasteiger partial charge is 0.338 e. The summed E-state index contributed by atoms with van der Waals surface area (Å²) in [5.41, 5.74) is 1.24. The summed E-state index contributed by atoms with van der Waals surface area (Å²) in [6, 6.07) is 9.87. The SMILES string of the molecule is CC[C@@H](C)[C@@H](NC(=O)COC(=O)c1ccc(-n2cccc2)cc1)C(=O)OC. The summed E-state index contributed by atoms with van der Waals surface area (Å²) in [5, 5.41) is 2.56. The standard InChI is InChI=1S/C20H24N2O5/c1-4-14(2)18(20(25)26-3)21-17(23)13-27-19(24)15-7-9-16(10-8-15)22-11-5-6-12-22/h5-12,14,18H,4,13H2,1-3H3,(H,21,23)/t14-,18-/m1/s1. The minimum absolute atomic E-state index is 0.0988. The Morgan fingerprint density at radius 1 is 1.11 bits per heavy atom. The van der Waals surface area contributed by atoms with E-state index in [4.69, 9.17) is 9.47 Å². The Balaban J connectivity index is 1.90. The number of ether oxygens (including phenoxy) is 2. The van der Waals surface area contributed by atoms with E-state index in [0.717, 1.165) is 5.69 Å². The van der Waals surface area contributed by atoms with Crippen LogP contribution >= 0.6 is 0 Å². The van der Waals surface area contributed by atoms with Crippen molar-refractivity contribution in [3.05, 3.63) is 54.4 Å². The maximum absolute atomic E-state index is 12.1. The lowest BCUT2D eigenvalue weighted by molar-refractivity contribution is -0.147. The Labute approximate surface area is 158 Å². The Bertz CT molecular complexity index is 768. The van der Waals surface area contributed by atoms with E-state index in [0.29, 0.717) is 12.0 Å². The number of benzene rings is 1. The van der Waals surface area contributed by atoms with Gasteiger partial charge < -0.3 is 19.4 Å². The van der Waals surface area contributed by atoms with Gasteiger partial charge in [-0.3, -0.25) is 4.79 Å². The second-order valence-electron chi connectivity index (χ2n) is 6.17. The largest absolute Gasteiger partial charge is 0.467 e. The molecule has 7 nitrogen and oxygen atoms in total. The number of esters is 2. The molecule has 0 aliphatic heterocycles. The molecule has 2 aromatic rings. The van der Waals surface area contributed by atoms with Gasteiger partial charge in [0, 0.05) is 18.1 Å². The van der Waals surface area contributed by atoms with Crippen molar-refractivity contribution < 1.29 is 23.9 Å². The molecule has 0 aliphatic rings. The first-order valence-corrected chi connectivity index (χ1v) is 8.74. The Morgan fingerprint density at radius 3 is 2.30 bits per heavy atom. The summed E-state index contributed by atoms with van der Waals surface area (Å²) in [5.74, 6) is -1.78. The fraction of sp³-hybridized carbons (Fsp3) is 0.350. The molecule has 0 aliphatic carbocycles. The van der Waals surface area contributed by atoms with Crippen LogP contribution < -0.4 is 5.32 Å². The summed E-state index contributed by atoms with van der Waals surface area (Å²) in [6.45, 7) is 3.27. The topological polar surface area (TPSA) is 86.6 Å². The molecular formula is C20H24N2O5. The molecule has 0 unspecified atom stereocenters. The number of hydrogen-bond donors (Lipinski definition) is 1. The van der Waals surface area contributed by atoms with Gasteiger partial charge in [0.25, 0.3) is 5.91 Å². The van der Waals surface area contributed by atoms with Gasteiger partial charge in [0.15, 0.2) is 6.61 Å². The van der Waals surface area contributed by atoms with Crippen LogP contribution in [0.15, 0.2) is 48.8 Å². The predicted octanol–water partition coefficient (Wildman–Crippen LogP) is 2.34. The predicted molar refractivity (Wildman–Crippen MR) is 99.5 cm³/mol. The number of amides is 1. The van der Waals surface area contributed by atoms with Gasteiger partial charge in [0.05, 0.1) is 12.7 Å². The van der Waals surface area contributed by atoms with Crippen molar-refractivity contribution in [2.45, 2.75) is 26.3 Å².